The zero-order chi connectivity index (χ0) is 17.9. The van der Waals surface area contributed by atoms with Crippen molar-refractivity contribution in [2.45, 2.75) is 32.2 Å². The molecule has 0 unspecified atom stereocenters. The highest BCUT2D eigenvalue weighted by molar-refractivity contribution is 5.88. The fraction of sp³-hybridized carbons (Fsp3) is 0.421. The van der Waals surface area contributed by atoms with Gasteiger partial charge in [0.2, 0.25) is 5.75 Å². The predicted octanol–water partition coefficient (Wildman–Crippen LogP) is 2.85. The van der Waals surface area contributed by atoms with Crippen molar-refractivity contribution in [3.05, 3.63) is 29.3 Å². The normalized spacial score (nSPS) is 16.4. The van der Waals surface area contributed by atoms with Crippen molar-refractivity contribution < 1.29 is 14.2 Å². The molecule has 1 aromatic carbocycles. The summed E-state index contributed by atoms with van der Waals surface area (Å²) in [5, 5.41) is 18.3. The molecular formula is C19H20N4O3. The van der Waals surface area contributed by atoms with Crippen molar-refractivity contribution in [2.75, 3.05) is 20.3 Å². The number of benzene rings is 1. The molecule has 134 valence electrons. The van der Waals surface area contributed by atoms with Crippen LogP contribution in [0.1, 0.15) is 36.5 Å². The minimum atomic E-state index is 0.476. The molecule has 0 fully saturated rings. The van der Waals surface area contributed by atoms with Gasteiger partial charge in [-0.05, 0) is 36.6 Å². The molecule has 2 aliphatic rings. The first-order valence-corrected chi connectivity index (χ1v) is 8.82. The summed E-state index contributed by atoms with van der Waals surface area (Å²) in [5.74, 6) is 3.40. The summed E-state index contributed by atoms with van der Waals surface area (Å²) in [6.07, 6.45) is 6.07. The Labute approximate surface area is 151 Å². The molecule has 2 aromatic rings. The molecule has 0 saturated carbocycles. The number of aryl methyl sites for hydroxylation is 1. The Bertz CT molecular complexity index is 878. The average molecular weight is 352 g/mol. The first-order chi connectivity index (χ1) is 12.8. The molecule has 0 spiro atoms. The van der Waals surface area contributed by atoms with Crippen LogP contribution in [0.25, 0.3) is 11.6 Å². The Hall–Kier alpha value is -3.01. The number of ether oxygens (including phenoxy) is 3. The predicted molar refractivity (Wildman–Crippen MR) is 95.0 cm³/mol. The zero-order valence-electron chi connectivity index (χ0n) is 14.7. The van der Waals surface area contributed by atoms with E-state index in [1.54, 1.807) is 13.2 Å². The lowest BCUT2D eigenvalue weighted by molar-refractivity contribution is 0.165. The highest BCUT2D eigenvalue weighted by Gasteiger charge is 2.20. The Morgan fingerprint density at radius 1 is 1.23 bits per heavy atom. The molecule has 0 saturated heterocycles. The topological polar surface area (TPSA) is 82.2 Å². The number of nitrogens with zero attached hydrogens (tertiary/aromatic N) is 4. The largest absolute Gasteiger partial charge is 0.493 e. The highest BCUT2D eigenvalue weighted by Crippen LogP contribution is 2.41. The van der Waals surface area contributed by atoms with E-state index < -0.39 is 0 Å². The van der Waals surface area contributed by atoms with E-state index in [9.17, 15) is 5.26 Å². The number of fused-ring (bicyclic) bond motifs is 2. The van der Waals surface area contributed by atoms with Crippen LogP contribution in [-0.4, -0.2) is 35.1 Å². The van der Waals surface area contributed by atoms with Crippen LogP contribution in [0.5, 0.6) is 17.2 Å². The average Bonchev–Trinajstić information content (AvgIpc) is 2.93. The number of nitriles is 1. The molecule has 0 aliphatic carbocycles. The fourth-order valence-corrected chi connectivity index (χ4v) is 3.37. The second kappa shape index (κ2) is 7.08. The molecule has 3 heterocycles. The second-order valence-electron chi connectivity index (χ2n) is 6.32. The van der Waals surface area contributed by atoms with Gasteiger partial charge in [0.15, 0.2) is 17.3 Å². The Kier molecular flexibility index (Phi) is 4.48. The number of allylic oxidation sites excluding steroid dienone is 1. The highest BCUT2D eigenvalue weighted by atomic mass is 16.6. The molecule has 7 heteroatoms. The van der Waals surface area contributed by atoms with Crippen LogP contribution in [0.15, 0.2) is 12.1 Å². The van der Waals surface area contributed by atoms with Gasteiger partial charge in [0.25, 0.3) is 0 Å². The lowest BCUT2D eigenvalue weighted by atomic mass is 10.1. The van der Waals surface area contributed by atoms with Gasteiger partial charge in [-0.3, -0.25) is 0 Å². The summed E-state index contributed by atoms with van der Waals surface area (Å²) in [7, 11) is 1.59. The van der Waals surface area contributed by atoms with E-state index in [0.717, 1.165) is 37.2 Å². The van der Waals surface area contributed by atoms with Crippen molar-refractivity contribution in [1.82, 2.24) is 14.8 Å². The van der Waals surface area contributed by atoms with Gasteiger partial charge in [0, 0.05) is 13.0 Å². The SMILES string of the molecule is COc1cc(/C=C(\C#N)c2nnc3n2CCCCC3)cc2c1OCCO2. The van der Waals surface area contributed by atoms with Gasteiger partial charge in [0.1, 0.15) is 25.1 Å². The molecule has 7 nitrogen and oxygen atoms in total. The minimum absolute atomic E-state index is 0.476. The number of rotatable bonds is 3. The van der Waals surface area contributed by atoms with E-state index >= 15 is 0 Å². The van der Waals surface area contributed by atoms with Gasteiger partial charge >= 0.3 is 0 Å². The molecule has 1 aromatic heterocycles. The summed E-state index contributed by atoms with van der Waals surface area (Å²) < 4.78 is 18.8. The van der Waals surface area contributed by atoms with Gasteiger partial charge in [-0.1, -0.05) is 6.42 Å². The third-order valence-corrected chi connectivity index (χ3v) is 4.63. The first kappa shape index (κ1) is 16.5. The number of hydrogen-bond donors (Lipinski definition) is 0. The van der Waals surface area contributed by atoms with Gasteiger partial charge in [0.05, 0.1) is 12.7 Å². The van der Waals surface area contributed by atoms with E-state index in [2.05, 4.69) is 20.8 Å². The van der Waals surface area contributed by atoms with Gasteiger partial charge in [-0.25, -0.2) is 0 Å². The third kappa shape index (κ3) is 2.99. The summed E-state index contributed by atoms with van der Waals surface area (Å²) in [6, 6.07) is 5.96. The number of aromatic nitrogens is 3. The fourth-order valence-electron chi connectivity index (χ4n) is 3.37. The Morgan fingerprint density at radius 3 is 2.96 bits per heavy atom. The number of hydrogen-bond acceptors (Lipinski definition) is 6. The molecule has 0 bridgehead atoms. The monoisotopic (exact) mass is 352 g/mol. The Morgan fingerprint density at radius 2 is 2.12 bits per heavy atom. The van der Waals surface area contributed by atoms with E-state index in [4.69, 9.17) is 14.2 Å². The molecule has 26 heavy (non-hydrogen) atoms. The first-order valence-electron chi connectivity index (χ1n) is 8.82. The Balaban J connectivity index is 1.75. The van der Waals surface area contributed by atoms with Gasteiger partial charge < -0.3 is 18.8 Å². The molecule has 4 rings (SSSR count). The van der Waals surface area contributed by atoms with E-state index in [-0.39, 0.29) is 0 Å². The van der Waals surface area contributed by atoms with Gasteiger partial charge in [-0.2, -0.15) is 5.26 Å². The molecular weight excluding hydrogens is 332 g/mol. The van der Waals surface area contributed by atoms with Crippen LogP contribution in [0, 0.1) is 11.3 Å². The minimum Gasteiger partial charge on any atom is -0.493 e. The second-order valence-corrected chi connectivity index (χ2v) is 6.32. The van der Waals surface area contributed by atoms with Crippen LogP contribution in [0.4, 0.5) is 0 Å². The maximum atomic E-state index is 9.71. The van der Waals surface area contributed by atoms with E-state index in [1.165, 1.54) is 6.42 Å². The van der Waals surface area contributed by atoms with Crippen molar-refractivity contribution >= 4 is 11.6 Å². The van der Waals surface area contributed by atoms with Crippen LogP contribution in [0.2, 0.25) is 0 Å². The maximum absolute atomic E-state index is 9.71. The summed E-state index contributed by atoms with van der Waals surface area (Å²) >= 11 is 0. The summed E-state index contributed by atoms with van der Waals surface area (Å²) in [4.78, 5) is 0. The molecule has 0 amide bonds. The van der Waals surface area contributed by atoms with Crippen molar-refractivity contribution in [3.8, 4) is 23.3 Å². The molecule has 2 aliphatic heterocycles. The van der Waals surface area contributed by atoms with Crippen molar-refractivity contribution in [3.63, 3.8) is 0 Å². The van der Waals surface area contributed by atoms with Crippen molar-refractivity contribution in [1.29, 1.82) is 5.26 Å². The van der Waals surface area contributed by atoms with Crippen LogP contribution >= 0.6 is 0 Å². The summed E-state index contributed by atoms with van der Waals surface area (Å²) in [5.41, 5.74) is 1.28. The van der Waals surface area contributed by atoms with Crippen LogP contribution in [-0.2, 0) is 13.0 Å². The molecule has 0 radical (unpaired) electrons. The van der Waals surface area contributed by atoms with E-state index in [1.807, 2.05) is 12.1 Å². The lowest BCUT2D eigenvalue weighted by Gasteiger charge is -2.21. The number of methoxy groups -OCH3 is 1. The van der Waals surface area contributed by atoms with E-state index in [0.29, 0.717) is 41.9 Å². The smallest absolute Gasteiger partial charge is 0.203 e. The maximum Gasteiger partial charge on any atom is 0.203 e. The standard InChI is InChI=1S/C19H20N4O3/c1-24-15-10-13(11-16-18(15)26-8-7-25-16)9-14(12-20)19-22-21-17-5-3-2-4-6-23(17)19/h9-11H,2-8H2,1H3/b14-9+. The quantitative estimate of drug-likeness (QED) is 0.790. The van der Waals surface area contributed by atoms with Crippen LogP contribution in [0.3, 0.4) is 0 Å². The lowest BCUT2D eigenvalue weighted by Crippen LogP contribution is -2.16. The molecule has 0 atom stereocenters. The summed E-state index contributed by atoms with van der Waals surface area (Å²) in [6.45, 7) is 1.83. The van der Waals surface area contributed by atoms with Crippen LogP contribution < -0.4 is 14.2 Å². The van der Waals surface area contributed by atoms with Crippen molar-refractivity contribution in [2.24, 2.45) is 0 Å². The van der Waals surface area contributed by atoms with Gasteiger partial charge in [-0.15, -0.1) is 10.2 Å². The molecule has 0 N–H and O–H groups in total. The third-order valence-electron chi connectivity index (χ3n) is 4.63. The zero-order valence-corrected chi connectivity index (χ0v) is 14.7.